The maximum atomic E-state index is 16.0. The first kappa shape index (κ1) is 28.9. The zero-order valence-corrected chi connectivity index (χ0v) is 24.3. The van der Waals surface area contributed by atoms with Gasteiger partial charge < -0.3 is 30.6 Å². The minimum absolute atomic E-state index is 0.0272. The fourth-order valence-electron chi connectivity index (χ4n) is 5.91. The van der Waals surface area contributed by atoms with E-state index in [4.69, 9.17) is 38.9 Å². The average Bonchev–Trinajstić information content (AvgIpc) is 3.80. The Hall–Kier alpha value is -3.51. The maximum absolute atomic E-state index is 16.0. The molecule has 0 aromatic carbocycles. The number of halogens is 1. The van der Waals surface area contributed by atoms with Crippen LogP contribution in [0, 0.1) is 0 Å². The van der Waals surface area contributed by atoms with Gasteiger partial charge >= 0.3 is 18.1 Å². The molecule has 4 aliphatic rings. The highest BCUT2D eigenvalue weighted by Gasteiger charge is 2.66. The molecule has 0 spiro atoms. The predicted octanol–water partition coefficient (Wildman–Crippen LogP) is -1.53. The Balaban J connectivity index is 1.10. The zero-order valence-electron chi connectivity index (χ0n) is 22.6. The lowest BCUT2D eigenvalue weighted by Crippen LogP contribution is -2.49. The van der Waals surface area contributed by atoms with E-state index in [0.717, 1.165) is 6.33 Å². The minimum Gasteiger partial charge on any atom is -0.382 e. The Kier molecular flexibility index (Phi) is 6.42. The Bertz CT molecular complexity index is 1980. The summed E-state index contributed by atoms with van der Waals surface area (Å²) < 4.78 is 94.4. The normalized spacial score (nSPS) is 38.1. The number of anilines is 2. The monoisotopic (exact) mass is 671 g/mol. The number of nitrogens with two attached hydrogens (primary N) is 2. The van der Waals surface area contributed by atoms with Crippen molar-refractivity contribution in [1.82, 2.24) is 43.8 Å². The number of phosphoric ester groups is 1. The Morgan fingerprint density at radius 2 is 1.62 bits per heavy atom. The smallest absolute Gasteiger partial charge is 0.382 e. The molecule has 0 amide bonds. The Morgan fingerprint density at radius 1 is 0.978 bits per heavy atom. The van der Waals surface area contributed by atoms with Crippen molar-refractivity contribution in [2.75, 3.05) is 31.2 Å². The van der Waals surface area contributed by atoms with Crippen LogP contribution in [0.15, 0.2) is 25.3 Å². The Morgan fingerprint density at radius 3 is 2.29 bits per heavy atom. The van der Waals surface area contributed by atoms with Crippen LogP contribution in [0.1, 0.15) is 12.5 Å². The van der Waals surface area contributed by atoms with Crippen LogP contribution < -0.4 is 16.2 Å². The van der Waals surface area contributed by atoms with Crippen LogP contribution in [-0.2, 0) is 42.3 Å². The third-order valence-electron chi connectivity index (χ3n) is 7.98. The fourth-order valence-corrected chi connectivity index (χ4v) is 7.91. The van der Waals surface area contributed by atoms with Crippen molar-refractivity contribution in [1.29, 1.82) is 0 Å². The van der Waals surface area contributed by atoms with E-state index in [2.05, 4.69) is 34.6 Å². The molecule has 21 nitrogen and oxygen atoms in total. The number of nitrogen functional groups attached to an aromatic ring is 2. The number of fused-ring (bicyclic) bond motifs is 3. The molecule has 4 saturated heterocycles. The largest absolute Gasteiger partial charge is 0.472 e. The number of imidazole rings is 2. The van der Waals surface area contributed by atoms with Gasteiger partial charge in [-0.2, -0.15) is 13.1 Å². The molecule has 8 heterocycles. The van der Waals surface area contributed by atoms with Crippen molar-refractivity contribution < 1.29 is 49.7 Å². The highest BCUT2D eigenvalue weighted by Crippen LogP contribution is 2.54. The van der Waals surface area contributed by atoms with Gasteiger partial charge in [0, 0.05) is 6.54 Å². The van der Waals surface area contributed by atoms with Gasteiger partial charge in [0.15, 0.2) is 41.6 Å². The summed E-state index contributed by atoms with van der Waals surface area (Å²) in [6.45, 7) is -1.68. The van der Waals surface area contributed by atoms with Gasteiger partial charge in [0.05, 0.1) is 25.9 Å². The first-order valence-corrected chi connectivity index (χ1v) is 16.1. The lowest BCUT2D eigenvalue weighted by atomic mass is 10.0. The van der Waals surface area contributed by atoms with E-state index in [-0.39, 0.29) is 40.6 Å². The van der Waals surface area contributed by atoms with Crippen LogP contribution in [0.3, 0.4) is 0 Å². The highest BCUT2D eigenvalue weighted by molar-refractivity contribution is 7.84. The third kappa shape index (κ3) is 4.58. The number of rotatable bonds is 2. The average molecular weight is 672 g/mol. The molecule has 4 aromatic rings. The molecule has 0 aliphatic carbocycles. The van der Waals surface area contributed by atoms with Crippen LogP contribution in [0.25, 0.3) is 22.3 Å². The second-order valence-corrected chi connectivity index (χ2v) is 13.5. The molecule has 9 unspecified atom stereocenters. The van der Waals surface area contributed by atoms with Crippen LogP contribution >= 0.6 is 7.82 Å². The zero-order chi connectivity index (χ0) is 31.3. The number of phosphoric acid groups is 1. The van der Waals surface area contributed by atoms with Gasteiger partial charge in [-0.05, 0) is 0 Å². The van der Waals surface area contributed by atoms with Crippen molar-refractivity contribution in [2.45, 2.75) is 48.6 Å². The number of nitrogens with zero attached hydrogens (tertiary/aromatic N) is 8. The highest BCUT2D eigenvalue weighted by atomic mass is 32.2. The Labute approximate surface area is 250 Å². The number of nitrogens with one attached hydrogen (secondary N) is 1. The van der Waals surface area contributed by atoms with Gasteiger partial charge in [-0.3, -0.25) is 18.2 Å². The number of aromatic nitrogens is 8. The van der Waals surface area contributed by atoms with E-state index in [9.17, 15) is 17.9 Å². The van der Waals surface area contributed by atoms with Crippen molar-refractivity contribution in [2.24, 2.45) is 0 Å². The predicted molar refractivity (Wildman–Crippen MR) is 143 cm³/mol. The van der Waals surface area contributed by atoms with Gasteiger partial charge in [-0.25, -0.2) is 43.0 Å². The molecule has 9 atom stereocenters. The van der Waals surface area contributed by atoms with E-state index in [0.29, 0.717) is 0 Å². The van der Waals surface area contributed by atoms with Crippen LogP contribution in [0.4, 0.5) is 16.0 Å². The lowest BCUT2D eigenvalue weighted by Gasteiger charge is -2.32. The number of hydrogen-bond donors (Lipinski definition) is 4. The van der Waals surface area contributed by atoms with E-state index >= 15 is 4.39 Å². The van der Waals surface area contributed by atoms with Crippen LogP contribution in [-0.4, -0.2) is 108 Å². The van der Waals surface area contributed by atoms with Crippen LogP contribution in [0.5, 0.6) is 0 Å². The van der Waals surface area contributed by atoms with Gasteiger partial charge in [0.25, 0.3) is 0 Å². The SMILES string of the molecule is Nc1ncnc2c1ncn2C1OC2CNS(=O)(=O)OC3C4OCC3(COP(=O)(O)OC2C1F)OC4n1cnc2c(N)ncnc21. The lowest BCUT2D eigenvalue weighted by molar-refractivity contribution is -0.184. The van der Waals surface area contributed by atoms with Crippen LogP contribution in [0.2, 0.25) is 0 Å². The summed E-state index contributed by atoms with van der Waals surface area (Å²) in [5.41, 5.74) is 10.7. The molecule has 4 aromatic heterocycles. The van der Waals surface area contributed by atoms with E-state index in [1.807, 2.05) is 0 Å². The molecule has 2 bridgehead atoms. The summed E-state index contributed by atoms with van der Waals surface area (Å²) in [5.74, 6) is 0.122. The second kappa shape index (κ2) is 9.99. The first-order valence-electron chi connectivity index (χ1n) is 13.2. The second-order valence-electron chi connectivity index (χ2n) is 10.7. The van der Waals surface area contributed by atoms with Crippen molar-refractivity contribution in [3.63, 3.8) is 0 Å². The molecule has 4 aliphatic heterocycles. The minimum atomic E-state index is -5.06. The molecule has 8 rings (SSSR count). The molecule has 24 heteroatoms. The summed E-state index contributed by atoms with van der Waals surface area (Å²) in [4.78, 5) is 35.0. The van der Waals surface area contributed by atoms with Crippen molar-refractivity contribution in [3.8, 4) is 0 Å². The summed E-state index contributed by atoms with van der Waals surface area (Å²) in [7, 11) is -9.68. The van der Waals surface area contributed by atoms with Gasteiger partial charge in [-0.1, -0.05) is 0 Å². The summed E-state index contributed by atoms with van der Waals surface area (Å²) >= 11 is 0. The van der Waals surface area contributed by atoms with Gasteiger partial charge in [0.2, 0.25) is 0 Å². The molecule has 0 radical (unpaired) electrons. The third-order valence-corrected chi connectivity index (χ3v) is 9.93. The standard InChI is InChI=1S/C21H23FN11O10PS/c22-9-12-8(40-19(9)32-6-29-10-15(23)25-4-27-17(10)32)1-31-45(36,37)43-14-13-20(33-7-30-11-16(24)26-5-28-18(11)33)41-21(14,2-38-13)3-39-44(34,35)42-12/h4-9,12-14,19-20,31H,1-3H2,(H,34,35)(H2,23,25,27)(H2,24,26,28). The molecular formula is C21H23FN11O10PS. The molecule has 45 heavy (non-hydrogen) atoms. The quantitative estimate of drug-likeness (QED) is 0.176. The number of alkyl halides is 1. The van der Waals surface area contributed by atoms with E-state index in [1.165, 1.54) is 28.1 Å². The van der Waals surface area contributed by atoms with Gasteiger partial charge in [-0.15, -0.1) is 0 Å². The number of ether oxygens (including phenoxy) is 3. The van der Waals surface area contributed by atoms with E-state index in [1.54, 1.807) is 0 Å². The molecule has 240 valence electrons. The van der Waals surface area contributed by atoms with Crippen molar-refractivity contribution >= 4 is 52.1 Å². The molecule has 4 fully saturated rings. The molecule has 0 saturated carbocycles. The summed E-state index contributed by atoms with van der Waals surface area (Å²) in [6.07, 6.45) is -5.56. The molecular weight excluding hydrogens is 648 g/mol. The first-order chi connectivity index (χ1) is 21.5. The van der Waals surface area contributed by atoms with Crippen molar-refractivity contribution in [3.05, 3.63) is 25.3 Å². The topological polar surface area (TPSA) is 278 Å². The summed E-state index contributed by atoms with van der Waals surface area (Å²) in [6, 6.07) is 0. The fraction of sp³-hybridized carbons (Fsp3) is 0.524. The maximum Gasteiger partial charge on any atom is 0.472 e. The van der Waals surface area contributed by atoms with E-state index < -0.39 is 79.9 Å². The van der Waals surface area contributed by atoms with Gasteiger partial charge in [0.1, 0.15) is 53.7 Å². The number of hydrogen-bond acceptors (Lipinski definition) is 17. The molecule has 6 N–H and O–H groups in total. The summed E-state index contributed by atoms with van der Waals surface area (Å²) in [5, 5.41) is 0.